The topological polar surface area (TPSA) is 38.3 Å². The normalized spacial score (nSPS) is 10.4. The number of halogens is 3. The lowest BCUT2D eigenvalue weighted by Gasteiger charge is -2.07. The maximum absolute atomic E-state index is 13.2. The van der Waals surface area contributed by atoms with E-state index in [0.29, 0.717) is 32.1 Å². The molecule has 0 radical (unpaired) electrons. The number of nitrogens with one attached hydrogen (secondary N) is 1. The minimum absolute atomic E-state index is 0.181. The Labute approximate surface area is 119 Å². The van der Waals surface area contributed by atoms with Crippen LogP contribution in [0, 0.1) is 5.82 Å². The molecule has 3 nitrogen and oxygen atoms in total. The molecule has 0 spiro atoms. The molecule has 0 aliphatic heterocycles. The summed E-state index contributed by atoms with van der Waals surface area (Å²) in [6, 6.07) is 4.35. The Kier molecular flexibility index (Phi) is 7.23. The van der Waals surface area contributed by atoms with Gasteiger partial charge in [-0.1, -0.05) is 6.07 Å². The molecule has 1 aromatic carbocycles. The number of amides is 1. The van der Waals surface area contributed by atoms with Crippen LogP contribution in [0.5, 0.6) is 0 Å². The Morgan fingerprint density at radius 1 is 1.44 bits per heavy atom. The highest BCUT2D eigenvalue weighted by Crippen LogP contribution is 2.20. The second-order valence-electron chi connectivity index (χ2n) is 3.51. The molecule has 1 N–H and O–H groups in total. The molecule has 100 valence electrons. The molecule has 0 fully saturated rings. The first kappa shape index (κ1) is 15.4. The number of hydrogen-bond donors (Lipinski definition) is 1. The summed E-state index contributed by atoms with van der Waals surface area (Å²) in [6.07, 6.45) is 0.690. The SMILES string of the molecule is O=C(NCCCOCCCl)c1cccc(F)c1Br. The molecule has 0 saturated carbocycles. The van der Waals surface area contributed by atoms with E-state index in [1.165, 1.54) is 12.1 Å². The molecule has 1 rings (SSSR count). The Bertz CT molecular complexity index is 404. The number of alkyl halides is 1. The fourth-order valence-electron chi connectivity index (χ4n) is 1.31. The highest BCUT2D eigenvalue weighted by Gasteiger charge is 2.11. The molecule has 0 aliphatic rings. The zero-order valence-corrected chi connectivity index (χ0v) is 12.1. The van der Waals surface area contributed by atoms with E-state index in [1.54, 1.807) is 6.07 Å². The predicted molar refractivity (Wildman–Crippen MR) is 72.6 cm³/mol. The van der Waals surface area contributed by atoms with Gasteiger partial charge >= 0.3 is 0 Å². The summed E-state index contributed by atoms with van der Waals surface area (Å²) < 4.78 is 18.5. The minimum atomic E-state index is -0.451. The summed E-state index contributed by atoms with van der Waals surface area (Å²) in [4.78, 5) is 11.7. The molecule has 0 saturated heterocycles. The predicted octanol–water partition coefficient (Wildman–Crippen LogP) is 2.96. The van der Waals surface area contributed by atoms with Gasteiger partial charge in [0.05, 0.1) is 16.6 Å². The van der Waals surface area contributed by atoms with Crippen molar-refractivity contribution in [3.05, 3.63) is 34.1 Å². The molecule has 0 bridgehead atoms. The number of carbonyl (C=O) groups is 1. The third kappa shape index (κ3) is 4.92. The fourth-order valence-corrected chi connectivity index (χ4v) is 1.86. The van der Waals surface area contributed by atoms with Crippen LogP contribution < -0.4 is 5.32 Å². The lowest BCUT2D eigenvalue weighted by molar-refractivity contribution is 0.0943. The first-order chi connectivity index (χ1) is 8.66. The lowest BCUT2D eigenvalue weighted by atomic mass is 10.2. The van der Waals surface area contributed by atoms with Crippen molar-refractivity contribution in [2.24, 2.45) is 0 Å². The van der Waals surface area contributed by atoms with Crippen molar-refractivity contribution in [2.45, 2.75) is 6.42 Å². The van der Waals surface area contributed by atoms with Crippen LogP contribution in [0.25, 0.3) is 0 Å². The second-order valence-corrected chi connectivity index (χ2v) is 4.68. The van der Waals surface area contributed by atoms with Crippen LogP contribution >= 0.6 is 27.5 Å². The standard InChI is InChI=1S/C12H14BrClFNO2/c13-11-9(3-1-4-10(11)15)12(17)16-6-2-7-18-8-5-14/h1,3-4H,2,5-8H2,(H,16,17). The second kappa shape index (κ2) is 8.45. The Morgan fingerprint density at radius 2 is 2.22 bits per heavy atom. The third-order valence-electron chi connectivity index (χ3n) is 2.17. The number of carbonyl (C=O) groups excluding carboxylic acids is 1. The molecule has 0 aliphatic carbocycles. The summed E-state index contributed by atoms with van der Waals surface area (Å²) in [6.45, 7) is 1.52. The van der Waals surface area contributed by atoms with Gasteiger partial charge in [-0.25, -0.2) is 4.39 Å². The zero-order valence-electron chi connectivity index (χ0n) is 9.72. The average Bonchev–Trinajstić information content (AvgIpc) is 2.36. The van der Waals surface area contributed by atoms with E-state index in [0.717, 1.165) is 0 Å². The lowest BCUT2D eigenvalue weighted by Crippen LogP contribution is -2.25. The van der Waals surface area contributed by atoms with Crippen LogP contribution in [-0.4, -0.2) is 31.5 Å². The average molecular weight is 339 g/mol. The molecule has 6 heteroatoms. The maximum atomic E-state index is 13.2. The van der Waals surface area contributed by atoms with E-state index in [-0.39, 0.29) is 15.9 Å². The highest BCUT2D eigenvalue weighted by molar-refractivity contribution is 9.10. The van der Waals surface area contributed by atoms with E-state index in [4.69, 9.17) is 16.3 Å². The van der Waals surface area contributed by atoms with Gasteiger partial charge in [0.2, 0.25) is 0 Å². The Hall–Kier alpha value is -0.650. The van der Waals surface area contributed by atoms with E-state index in [2.05, 4.69) is 21.2 Å². The third-order valence-corrected chi connectivity index (χ3v) is 3.13. The van der Waals surface area contributed by atoms with Crippen LogP contribution in [0.1, 0.15) is 16.8 Å². The first-order valence-corrected chi connectivity index (χ1v) is 6.85. The Balaban J connectivity index is 2.35. The van der Waals surface area contributed by atoms with Crippen molar-refractivity contribution in [3.8, 4) is 0 Å². The van der Waals surface area contributed by atoms with Gasteiger partial charge in [-0.3, -0.25) is 4.79 Å². The van der Waals surface area contributed by atoms with Crippen molar-refractivity contribution >= 4 is 33.4 Å². The maximum Gasteiger partial charge on any atom is 0.252 e. The fraction of sp³-hybridized carbons (Fsp3) is 0.417. The largest absolute Gasteiger partial charge is 0.380 e. The molecule has 0 heterocycles. The van der Waals surface area contributed by atoms with Gasteiger partial charge in [0, 0.05) is 19.0 Å². The summed E-state index contributed by atoms with van der Waals surface area (Å²) in [7, 11) is 0. The summed E-state index contributed by atoms with van der Waals surface area (Å²) in [5, 5.41) is 2.70. The van der Waals surface area contributed by atoms with Crippen LogP contribution in [-0.2, 0) is 4.74 Å². The summed E-state index contributed by atoms with van der Waals surface area (Å²) >= 11 is 8.49. The molecule has 0 unspecified atom stereocenters. The van der Waals surface area contributed by atoms with Gasteiger partial charge in [-0.2, -0.15) is 0 Å². The van der Waals surface area contributed by atoms with Crippen molar-refractivity contribution < 1.29 is 13.9 Å². The summed E-state index contributed by atoms with van der Waals surface area (Å²) in [5.41, 5.74) is 0.289. The molecule has 0 aromatic heterocycles. The van der Waals surface area contributed by atoms with E-state index in [1.807, 2.05) is 0 Å². The van der Waals surface area contributed by atoms with Crippen LogP contribution in [0.2, 0.25) is 0 Å². The van der Waals surface area contributed by atoms with Gasteiger partial charge in [-0.05, 0) is 34.5 Å². The smallest absolute Gasteiger partial charge is 0.252 e. The zero-order chi connectivity index (χ0) is 13.4. The van der Waals surface area contributed by atoms with Gasteiger partial charge in [0.1, 0.15) is 5.82 Å². The van der Waals surface area contributed by atoms with Crippen molar-refractivity contribution in [1.82, 2.24) is 5.32 Å². The molecular weight excluding hydrogens is 324 g/mol. The van der Waals surface area contributed by atoms with E-state index < -0.39 is 5.82 Å². The van der Waals surface area contributed by atoms with Gasteiger partial charge in [0.25, 0.3) is 5.91 Å². The van der Waals surface area contributed by atoms with E-state index in [9.17, 15) is 9.18 Å². The minimum Gasteiger partial charge on any atom is -0.380 e. The Morgan fingerprint density at radius 3 is 2.94 bits per heavy atom. The highest BCUT2D eigenvalue weighted by atomic mass is 79.9. The molecule has 1 aromatic rings. The van der Waals surface area contributed by atoms with E-state index >= 15 is 0 Å². The number of benzene rings is 1. The van der Waals surface area contributed by atoms with Crippen LogP contribution in [0.3, 0.4) is 0 Å². The van der Waals surface area contributed by atoms with Gasteiger partial charge in [-0.15, -0.1) is 11.6 Å². The first-order valence-electron chi connectivity index (χ1n) is 5.52. The monoisotopic (exact) mass is 337 g/mol. The van der Waals surface area contributed by atoms with Crippen LogP contribution in [0.15, 0.2) is 22.7 Å². The number of rotatable bonds is 7. The molecule has 1 amide bonds. The van der Waals surface area contributed by atoms with Gasteiger partial charge < -0.3 is 10.1 Å². The number of hydrogen-bond acceptors (Lipinski definition) is 2. The molecular formula is C12H14BrClFNO2. The molecule has 0 atom stereocenters. The van der Waals surface area contributed by atoms with Crippen molar-refractivity contribution in [3.63, 3.8) is 0 Å². The van der Waals surface area contributed by atoms with Gasteiger partial charge in [0.15, 0.2) is 0 Å². The quantitative estimate of drug-likeness (QED) is 0.613. The summed E-state index contributed by atoms with van der Waals surface area (Å²) in [5.74, 6) is -0.297. The van der Waals surface area contributed by atoms with Crippen molar-refractivity contribution in [2.75, 3.05) is 25.6 Å². The van der Waals surface area contributed by atoms with Crippen LogP contribution in [0.4, 0.5) is 4.39 Å². The number of ether oxygens (including phenoxy) is 1. The molecule has 18 heavy (non-hydrogen) atoms. The van der Waals surface area contributed by atoms with Crippen molar-refractivity contribution in [1.29, 1.82) is 0 Å².